The quantitative estimate of drug-likeness (QED) is 0.0672. The molecule has 0 aliphatic rings. The molecule has 0 unspecified atom stereocenters. The van der Waals surface area contributed by atoms with E-state index in [2.05, 4.69) is 15.0 Å². The van der Waals surface area contributed by atoms with Gasteiger partial charge in [-0.2, -0.15) is 0 Å². The van der Waals surface area contributed by atoms with Crippen molar-refractivity contribution in [1.82, 2.24) is 0 Å². The molecular weight excluding hydrogens is 95.0 g/mol. The number of hydrogen-bond donors (Lipinski definition) is 0. The minimum atomic E-state index is 0. The Morgan fingerprint density at radius 2 is 2.14 bits per heavy atom. The van der Waals surface area contributed by atoms with E-state index in [0.717, 1.165) is 0 Å². The van der Waals surface area contributed by atoms with E-state index in [1.807, 2.05) is 0 Å². The second kappa shape index (κ2) is 9.28. The van der Waals surface area contributed by atoms with Crippen LogP contribution < -0.4 is 18.9 Å². The summed E-state index contributed by atoms with van der Waals surface area (Å²) in [6.45, 7) is 0. The summed E-state index contributed by atoms with van der Waals surface area (Å²) in [5, 5.41) is 12.2. The first-order valence-corrected chi connectivity index (χ1v) is 0.992. The molecule has 0 radical (unpaired) electrons. The second-order valence-corrected chi connectivity index (χ2v) is 0.337. The summed E-state index contributed by atoms with van der Waals surface area (Å²) < 4.78 is 0. The third-order valence-electron chi connectivity index (χ3n) is 0.110. The standard InChI is InChI=1S/C2HO4.Li/c1-2-4-6-5-3;/h3H;/q-1;+1/p+1. The van der Waals surface area contributed by atoms with Crippen LogP contribution in [-0.4, -0.2) is 5.26 Å². The van der Waals surface area contributed by atoms with Gasteiger partial charge in [-0.05, 0) is 0 Å². The van der Waals surface area contributed by atoms with Gasteiger partial charge in [-0.15, -0.1) is 0 Å². The summed E-state index contributed by atoms with van der Waals surface area (Å²) in [7, 11) is 0. The molecule has 0 aromatic carbocycles. The van der Waals surface area contributed by atoms with Gasteiger partial charge in [0.15, 0.2) is 0 Å². The molecule has 5 heteroatoms. The predicted molar refractivity (Wildman–Crippen MR) is 14.0 cm³/mol. The molecule has 0 spiro atoms. The summed E-state index contributed by atoms with van der Waals surface area (Å²) >= 11 is 0. The van der Waals surface area contributed by atoms with Crippen molar-refractivity contribution in [2.45, 2.75) is 0 Å². The van der Waals surface area contributed by atoms with Gasteiger partial charge in [-0.3, -0.25) is 4.89 Å². The van der Waals surface area contributed by atoms with Crippen molar-refractivity contribution in [1.29, 1.82) is 0 Å². The first-order valence-electron chi connectivity index (χ1n) is 0.992. The third-order valence-corrected chi connectivity index (χ3v) is 0.110. The Labute approximate surface area is 52.3 Å². The molecule has 4 nitrogen and oxygen atoms in total. The minimum Gasteiger partial charge on any atom is -0.644 e. The molecule has 0 aliphatic heterocycles. The van der Waals surface area contributed by atoms with Crippen LogP contribution in [0.4, 0.5) is 0 Å². The molecule has 0 bridgehead atoms. The molecule has 0 fully saturated rings. The molecule has 0 heterocycles. The van der Waals surface area contributed by atoms with Gasteiger partial charge in [0.2, 0.25) is 0 Å². The van der Waals surface area contributed by atoms with E-state index in [-0.39, 0.29) is 18.9 Å². The van der Waals surface area contributed by atoms with Crippen LogP contribution >= 0.6 is 0 Å². The van der Waals surface area contributed by atoms with Crippen molar-refractivity contribution < 1.29 is 39.1 Å². The summed E-state index contributed by atoms with van der Waals surface area (Å²) in [6, 6.07) is 0. The molecule has 0 amide bonds. The van der Waals surface area contributed by atoms with E-state index in [0.29, 0.717) is 0 Å². The monoisotopic (exact) mass is 97.0 g/mol. The van der Waals surface area contributed by atoms with E-state index in [1.54, 1.807) is 0 Å². The van der Waals surface area contributed by atoms with Crippen LogP contribution in [0, 0.1) is 12.5 Å². The van der Waals surface area contributed by atoms with Gasteiger partial charge in [0.05, 0.1) is 5.04 Å². The summed E-state index contributed by atoms with van der Waals surface area (Å²) in [4.78, 5) is 3.49. The average Bonchev–Trinajstić information content (AvgIpc) is 1.61. The third kappa shape index (κ3) is 10.7. The fourth-order valence-electron chi connectivity index (χ4n) is 0.0340. The van der Waals surface area contributed by atoms with E-state index in [9.17, 15) is 0 Å². The smallest absolute Gasteiger partial charge is 0.644 e. The van der Waals surface area contributed by atoms with E-state index >= 15 is 0 Å². The van der Waals surface area contributed by atoms with Crippen molar-refractivity contribution in [3.63, 3.8) is 0 Å². The first kappa shape index (κ1) is 9.96. The Morgan fingerprint density at radius 3 is 2.29 bits per heavy atom. The second-order valence-electron chi connectivity index (χ2n) is 0.337. The van der Waals surface area contributed by atoms with Gasteiger partial charge in [-0.1, -0.05) is 6.11 Å². The Bertz CT molecular complexity index is 57.2. The van der Waals surface area contributed by atoms with Crippen molar-refractivity contribution in [2.75, 3.05) is 0 Å². The van der Waals surface area contributed by atoms with Gasteiger partial charge in [0, 0.05) is 0 Å². The SMILES string of the molecule is [C-]#COOO[OH2+].[Li+]. The molecular formula is C2H2LiO4+. The van der Waals surface area contributed by atoms with E-state index in [4.69, 9.17) is 11.7 Å². The number of hydrogen-bond acceptors (Lipinski definition) is 3. The van der Waals surface area contributed by atoms with Gasteiger partial charge in [0.1, 0.15) is 5.04 Å². The van der Waals surface area contributed by atoms with Crippen LogP contribution in [0.2, 0.25) is 0 Å². The molecule has 0 aromatic heterocycles. The first-order chi connectivity index (χ1) is 2.91. The van der Waals surface area contributed by atoms with Crippen LogP contribution in [0.1, 0.15) is 0 Å². The fraction of sp³-hybridized carbons (Fsp3) is 0. The minimum absolute atomic E-state index is 0. The maximum atomic E-state index is 5.95. The van der Waals surface area contributed by atoms with Gasteiger partial charge in [-0.25, -0.2) is 5.26 Å². The van der Waals surface area contributed by atoms with Gasteiger partial charge >= 0.3 is 18.9 Å². The predicted octanol–water partition coefficient (Wildman–Crippen LogP) is -3.94. The fourth-order valence-corrected chi connectivity index (χ4v) is 0.0340. The molecule has 0 aliphatic carbocycles. The van der Waals surface area contributed by atoms with Crippen LogP contribution in [-0.2, 0) is 15.0 Å². The van der Waals surface area contributed by atoms with Crippen molar-refractivity contribution in [3.8, 4) is 6.11 Å². The molecule has 34 valence electrons. The maximum Gasteiger partial charge on any atom is 1.00 e. The topological polar surface area (TPSA) is 50.6 Å². The molecule has 7 heavy (non-hydrogen) atoms. The molecule has 0 atom stereocenters. The van der Waals surface area contributed by atoms with Crippen LogP contribution in [0.25, 0.3) is 0 Å². The summed E-state index contributed by atoms with van der Waals surface area (Å²) in [6.07, 6.45) is 7.30. The Hall–Kier alpha value is -0.163. The summed E-state index contributed by atoms with van der Waals surface area (Å²) in [5.74, 6) is 0. The van der Waals surface area contributed by atoms with Crippen molar-refractivity contribution in [3.05, 3.63) is 6.42 Å². The molecule has 0 saturated carbocycles. The van der Waals surface area contributed by atoms with Crippen LogP contribution in [0.3, 0.4) is 0 Å². The number of rotatable bonds is 2. The van der Waals surface area contributed by atoms with E-state index in [1.165, 1.54) is 6.11 Å². The average molecular weight is 97.0 g/mol. The van der Waals surface area contributed by atoms with Gasteiger partial charge < -0.3 is 6.42 Å². The Morgan fingerprint density at radius 1 is 1.57 bits per heavy atom. The Kier molecular flexibility index (Phi) is 13.2. The molecule has 2 N–H and O–H groups in total. The zero-order valence-corrected chi connectivity index (χ0v) is 3.72. The molecule has 0 saturated heterocycles. The zero-order chi connectivity index (χ0) is 4.83. The Balaban J connectivity index is 0. The summed E-state index contributed by atoms with van der Waals surface area (Å²) in [5.41, 5.74) is 0. The van der Waals surface area contributed by atoms with Crippen molar-refractivity contribution in [2.24, 2.45) is 0 Å². The van der Waals surface area contributed by atoms with Crippen LogP contribution in [0.15, 0.2) is 0 Å². The van der Waals surface area contributed by atoms with Crippen LogP contribution in [0.5, 0.6) is 0 Å². The largest absolute Gasteiger partial charge is 1.00 e. The molecule has 0 aromatic rings. The normalized spacial score (nSPS) is 5.71. The molecule has 0 rings (SSSR count). The van der Waals surface area contributed by atoms with E-state index < -0.39 is 0 Å². The van der Waals surface area contributed by atoms with Crippen molar-refractivity contribution >= 4 is 0 Å². The van der Waals surface area contributed by atoms with Gasteiger partial charge in [0.25, 0.3) is 0 Å². The maximum absolute atomic E-state index is 5.95. The zero-order valence-electron chi connectivity index (χ0n) is 3.72.